The summed E-state index contributed by atoms with van der Waals surface area (Å²) >= 11 is 0. The highest BCUT2D eigenvalue weighted by Crippen LogP contribution is 2.14. The molecule has 5 nitrogen and oxygen atoms in total. The first-order chi connectivity index (χ1) is 8.65. The van der Waals surface area contributed by atoms with Crippen molar-refractivity contribution >= 4 is 5.97 Å². The molecule has 0 spiro atoms. The SMILES string of the molecule is CN1CCCN(Cc2ccco2)CC1CC(=O)O. The molecule has 5 heteroatoms. The van der Waals surface area contributed by atoms with Crippen LogP contribution in [0, 0.1) is 0 Å². The van der Waals surface area contributed by atoms with E-state index in [2.05, 4.69) is 9.80 Å². The van der Waals surface area contributed by atoms with Crippen LogP contribution in [0.4, 0.5) is 0 Å². The molecule has 1 N–H and O–H groups in total. The van der Waals surface area contributed by atoms with Gasteiger partial charge in [0, 0.05) is 12.6 Å². The molecule has 100 valence electrons. The molecule has 0 bridgehead atoms. The molecule has 0 radical (unpaired) electrons. The van der Waals surface area contributed by atoms with Crippen molar-refractivity contribution in [1.82, 2.24) is 9.80 Å². The van der Waals surface area contributed by atoms with Gasteiger partial charge in [-0.05, 0) is 38.7 Å². The molecule has 1 atom stereocenters. The van der Waals surface area contributed by atoms with E-state index in [1.165, 1.54) is 0 Å². The number of likely N-dealkylation sites (N-methyl/N-ethyl adjacent to an activating group) is 1. The number of nitrogens with zero attached hydrogens (tertiary/aromatic N) is 2. The van der Waals surface area contributed by atoms with Crippen molar-refractivity contribution in [1.29, 1.82) is 0 Å². The molecule has 0 amide bonds. The molecule has 1 aromatic heterocycles. The number of rotatable bonds is 4. The predicted molar refractivity (Wildman–Crippen MR) is 67.3 cm³/mol. The summed E-state index contributed by atoms with van der Waals surface area (Å²) in [5.74, 6) is 0.209. The molecule has 1 aromatic rings. The summed E-state index contributed by atoms with van der Waals surface area (Å²) in [6.45, 7) is 3.48. The smallest absolute Gasteiger partial charge is 0.304 e. The summed E-state index contributed by atoms with van der Waals surface area (Å²) < 4.78 is 5.35. The first-order valence-electron chi connectivity index (χ1n) is 6.32. The third kappa shape index (κ3) is 3.58. The fourth-order valence-electron chi connectivity index (χ4n) is 2.44. The topological polar surface area (TPSA) is 56.9 Å². The molecule has 2 rings (SSSR count). The Morgan fingerprint density at radius 3 is 3.06 bits per heavy atom. The minimum Gasteiger partial charge on any atom is -0.481 e. The Balaban J connectivity index is 1.96. The van der Waals surface area contributed by atoms with E-state index in [9.17, 15) is 4.79 Å². The van der Waals surface area contributed by atoms with E-state index in [4.69, 9.17) is 9.52 Å². The summed E-state index contributed by atoms with van der Waals surface area (Å²) in [5.41, 5.74) is 0. The van der Waals surface area contributed by atoms with E-state index >= 15 is 0 Å². The van der Waals surface area contributed by atoms with Gasteiger partial charge in [-0.3, -0.25) is 9.69 Å². The van der Waals surface area contributed by atoms with Gasteiger partial charge >= 0.3 is 5.97 Å². The molecule has 1 unspecified atom stereocenters. The summed E-state index contributed by atoms with van der Waals surface area (Å²) in [6, 6.07) is 3.93. The lowest BCUT2D eigenvalue weighted by atomic mass is 10.2. The zero-order valence-corrected chi connectivity index (χ0v) is 10.7. The van der Waals surface area contributed by atoms with E-state index in [0.717, 1.165) is 38.4 Å². The average Bonchev–Trinajstić information content (AvgIpc) is 2.73. The first kappa shape index (κ1) is 13.1. The molecule has 2 heterocycles. The van der Waals surface area contributed by atoms with Crippen LogP contribution < -0.4 is 0 Å². The normalized spacial score (nSPS) is 22.8. The van der Waals surface area contributed by atoms with Crippen molar-refractivity contribution in [2.45, 2.75) is 25.4 Å². The molecule has 0 aromatic carbocycles. The van der Waals surface area contributed by atoms with Gasteiger partial charge in [0.15, 0.2) is 0 Å². The number of hydrogen-bond acceptors (Lipinski definition) is 4. The molecular weight excluding hydrogens is 232 g/mol. The second kappa shape index (κ2) is 6.02. The van der Waals surface area contributed by atoms with E-state index in [1.54, 1.807) is 6.26 Å². The van der Waals surface area contributed by atoms with Gasteiger partial charge in [-0.2, -0.15) is 0 Å². The highest BCUT2D eigenvalue weighted by Gasteiger charge is 2.24. The van der Waals surface area contributed by atoms with E-state index in [1.807, 2.05) is 19.2 Å². The van der Waals surface area contributed by atoms with Crippen LogP contribution in [0.1, 0.15) is 18.6 Å². The van der Waals surface area contributed by atoms with Crippen molar-refractivity contribution in [3.63, 3.8) is 0 Å². The van der Waals surface area contributed by atoms with Crippen LogP contribution in [0.15, 0.2) is 22.8 Å². The molecular formula is C13H20N2O3. The van der Waals surface area contributed by atoms with Crippen LogP contribution in [0.2, 0.25) is 0 Å². The maximum Gasteiger partial charge on any atom is 0.304 e. The zero-order chi connectivity index (χ0) is 13.0. The number of furan rings is 1. The Hall–Kier alpha value is -1.33. The third-order valence-corrected chi connectivity index (χ3v) is 3.45. The second-order valence-electron chi connectivity index (χ2n) is 4.90. The minimum atomic E-state index is -0.730. The van der Waals surface area contributed by atoms with E-state index in [-0.39, 0.29) is 12.5 Å². The van der Waals surface area contributed by atoms with E-state index < -0.39 is 5.97 Å². The fraction of sp³-hybridized carbons (Fsp3) is 0.615. The Morgan fingerprint density at radius 1 is 1.56 bits per heavy atom. The Kier molecular flexibility index (Phi) is 4.38. The molecule has 0 aliphatic carbocycles. The monoisotopic (exact) mass is 252 g/mol. The number of carboxylic acids is 1. The lowest BCUT2D eigenvalue weighted by Crippen LogP contribution is -2.40. The summed E-state index contributed by atoms with van der Waals surface area (Å²) in [7, 11) is 2.00. The summed E-state index contributed by atoms with van der Waals surface area (Å²) in [6.07, 6.45) is 2.94. The van der Waals surface area contributed by atoms with Crippen LogP contribution in [0.25, 0.3) is 0 Å². The molecule has 1 aliphatic heterocycles. The number of carbonyl (C=O) groups is 1. The van der Waals surface area contributed by atoms with Crippen LogP contribution in [0.3, 0.4) is 0 Å². The first-order valence-corrected chi connectivity index (χ1v) is 6.32. The van der Waals surface area contributed by atoms with Crippen molar-refractivity contribution in [2.75, 3.05) is 26.7 Å². The van der Waals surface area contributed by atoms with E-state index in [0.29, 0.717) is 0 Å². The zero-order valence-electron chi connectivity index (χ0n) is 10.7. The highest BCUT2D eigenvalue weighted by atomic mass is 16.4. The quantitative estimate of drug-likeness (QED) is 0.874. The van der Waals surface area contributed by atoms with Crippen molar-refractivity contribution in [3.8, 4) is 0 Å². The van der Waals surface area contributed by atoms with Gasteiger partial charge in [0.25, 0.3) is 0 Å². The molecule has 18 heavy (non-hydrogen) atoms. The van der Waals surface area contributed by atoms with Gasteiger partial charge in [0.2, 0.25) is 0 Å². The number of aliphatic carboxylic acids is 1. The molecule has 1 fully saturated rings. The van der Waals surface area contributed by atoms with Crippen molar-refractivity contribution < 1.29 is 14.3 Å². The summed E-state index contributed by atoms with van der Waals surface area (Å²) in [4.78, 5) is 15.3. The Labute approximate surface area is 107 Å². The van der Waals surface area contributed by atoms with Gasteiger partial charge in [0.05, 0.1) is 19.2 Å². The average molecular weight is 252 g/mol. The largest absolute Gasteiger partial charge is 0.481 e. The highest BCUT2D eigenvalue weighted by molar-refractivity contribution is 5.67. The molecule has 1 aliphatic rings. The van der Waals surface area contributed by atoms with Crippen LogP contribution >= 0.6 is 0 Å². The number of hydrogen-bond donors (Lipinski definition) is 1. The van der Waals surface area contributed by atoms with Crippen LogP contribution in [-0.4, -0.2) is 53.6 Å². The maximum atomic E-state index is 10.9. The minimum absolute atomic E-state index is 0.0833. The second-order valence-corrected chi connectivity index (χ2v) is 4.90. The lowest BCUT2D eigenvalue weighted by molar-refractivity contribution is -0.138. The van der Waals surface area contributed by atoms with Crippen LogP contribution in [0.5, 0.6) is 0 Å². The van der Waals surface area contributed by atoms with Gasteiger partial charge in [-0.25, -0.2) is 0 Å². The Morgan fingerprint density at radius 2 is 2.39 bits per heavy atom. The lowest BCUT2D eigenvalue weighted by Gasteiger charge is -2.27. The van der Waals surface area contributed by atoms with Crippen molar-refractivity contribution in [2.24, 2.45) is 0 Å². The number of carboxylic acid groups (broad SMARTS) is 1. The van der Waals surface area contributed by atoms with Gasteiger partial charge < -0.3 is 14.4 Å². The Bertz CT molecular complexity index is 378. The van der Waals surface area contributed by atoms with Gasteiger partial charge in [-0.15, -0.1) is 0 Å². The summed E-state index contributed by atoms with van der Waals surface area (Å²) in [5, 5.41) is 8.95. The fourth-order valence-corrected chi connectivity index (χ4v) is 2.44. The molecule has 0 saturated carbocycles. The van der Waals surface area contributed by atoms with Crippen molar-refractivity contribution in [3.05, 3.63) is 24.2 Å². The van der Waals surface area contributed by atoms with Gasteiger partial charge in [0.1, 0.15) is 5.76 Å². The molecule has 1 saturated heterocycles. The standard InChI is InChI=1S/C13H20N2O3/c1-14-5-3-6-15(9-11(14)8-13(16)17)10-12-4-2-7-18-12/h2,4,7,11H,3,5-6,8-10H2,1H3,(H,16,17). The predicted octanol–water partition coefficient (Wildman–Crippen LogP) is 1.26. The maximum absolute atomic E-state index is 10.9. The third-order valence-electron chi connectivity index (χ3n) is 3.45. The van der Waals surface area contributed by atoms with Gasteiger partial charge in [-0.1, -0.05) is 0 Å². The van der Waals surface area contributed by atoms with Crippen LogP contribution in [-0.2, 0) is 11.3 Å².